The molecular weight excluding hydrogens is 410 g/mol. The van der Waals surface area contributed by atoms with Crippen molar-refractivity contribution < 1.29 is 9.53 Å². The molecule has 2 atom stereocenters. The van der Waals surface area contributed by atoms with E-state index in [1.165, 1.54) is 11.1 Å². The highest BCUT2D eigenvalue weighted by Gasteiger charge is 2.48. The van der Waals surface area contributed by atoms with Gasteiger partial charge in [-0.3, -0.25) is 9.78 Å². The van der Waals surface area contributed by atoms with Gasteiger partial charge in [-0.15, -0.1) is 0 Å². The average Bonchev–Trinajstić information content (AvgIpc) is 3.29. The lowest BCUT2D eigenvalue weighted by Crippen LogP contribution is -2.47. The molecule has 3 heterocycles. The summed E-state index contributed by atoms with van der Waals surface area (Å²) in [5.74, 6) is 0.267. The van der Waals surface area contributed by atoms with Crippen LogP contribution in [0.4, 0.5) is 0 Å². The molecule has 1 aromatic heterocycles. The molecule has 5 nitrogen and oxygen atoms in total. The first-order valence-electron chi connectivity index (χ1n) is 12.4. The molecule has 0 radical (unpaired) electrons. The number of carbonyl (C=O) groups is 1. The van der Waals surface area contributed by atoms with Crippen LogP contribution in [0.25, 0.3) is 11.1 Å². The molecule has 1 amide bonds. The lowest BCUT2D eigenvalue weighted by Gasteiger charge is -2.38. The summed E-state index contributed by atoms with van der Waals surface area (Å²) in [4.78, 5) is 20.3. The first-order valence-corrected chi connectivity index (χ1v) is 12.4. The maximum absolute atomic E-state index is 14.0. The van der Waals surface area contributed by atoms with Gasteiger partial charge < -0.3 is 15.0 Å². The zero-order valence-electron chi connectivity index (χ0n) is 19.7. The zero-order valence-corrected chi connectivity index (χ0v) is 19.7. The van der Waals surface area contributed by atoms with Gasteiger partial charge in [0.1, 0.15) is 0 Å². The molecule has 174 valence electrons. The van der Waals surface area contributed by atoms with Gasteiger partial charge in [0.25, 0.3) is 0 Å². The number of ether oxygens (including phenoxy) is 1. The van der Waals surface area contributed by atoms with Gasteiger partial charge in [-0.05, 0) is 79.8 Å². The van der Waals surface area contributed by atoms with E-state index in [9.17, 15) is 4.79 Å². The van der Waals surface area contributed by atoms with Gasteiger partial charge in [0.05, 0.1) is 5.41 Å². The molecule has 5 heteroatoms. The van der Waals surface area contributed by atoms with E-state index in [2.05, 4.69) is 46.0 Å². The summed E-state index contributed by atoms with van der Waals surface area (Å²) in [5, 5.41) is 3.83. The fourth-order valence-corrected chi connectivity index (χ4v) is 5.90. The van der Waals surface area contributed by atoms with Gasteiger partial charge in [0.2, 0.25) is 5.91 Å². The maximum atomic E-state index is 14.0. The van der Waals surface area contributed by atoms with Crippen LogP contribution in [-0.4, -0.2) is 47.6 Å². The lowest BCUT2D eigenvalue weighted by atomic mass is 9.77. The van der Waals surface area contributed by atoms with Gasteiger partial charge >= 0.3 is 0 Å². The van der Waals surface area contributed by atoms with Crippen molar-refractivity contribution in [3.05, 3.63) is 66.0 Å². The first kappa shape index (κ1) is 22.3. The summed E-state index contributed by atoms with van der Waals surface area (Å²) in [6, 6.07) is 11.6. The number of pyridine rings is 1. The first-order chi connectivity index (χ1) is 16.0. The molecule has 2 aliphatic heterocycles. The summed E-state index contributed by atoms with van der Waals surface area (Å²) >= 11 is 0. The van der Waals surface area contributed by atoms with Crippen molar-refractivity contribution in [3.8, 4) is 11.1 Å². The number of nitrogens with one attached hydrogen (secondary N) is 1. The Morgan fingerprint density at radius 1 is 1.15 bits per heavy atom. The number of hydrogen-bond acceptors (Lipinski definition) is 4. The minimum atomic E-state index is -0.443. The second kappa shape index (κ2) is 9.40. The number of fused-ring (bicyclic) bond motifs is 1. The fourth-order valence-electron chi connectivity index (χ4n) is 5.90. The quantitative estimate of drug-likeness (QED) is 0.688. The highest BCUT2D eigenvalue weighted by molar-refractivity contribution is 5.86. The topological polar surface area (TPSA) is 54.5 Å². The molecule has 5 rings (SSSR count). The Hall–Kier alpha value is -2.50. The Bertz CT molecular complexity index is 1020. The third-order valence-corrected chi connectivity index (χ3v) is 7.93. The summed E-state index contributed by atoms with van der Waals surface area (Å²) < 4.78 is 5.51. The molecule has 33 heavy (non-hydrogen) atoms. The van der Waals surface area contributed by atoms with Crippen LogP contribution in [-0.2, 0) is 22.5 Å². The molecule has 1 saturated heterocycles. The Morgan fingerprint density at radius 3 is 2.76 bits per heavy atom. The summed E-state index contributed by atoms with van der Waals surface area (Å²) in [6.45, 7) is 9.48. The van der Waals surface area contributed by atoms with Crippen molar-refractivity contribution in [2.75, 3.05) is 19.8 Å². The predicted molar refractivity (Wildman–Crippen MR) is 131 cm³/mol. The highest BCUT2D eigenvalue weighted by atomic mass is 16.5. The summed E-state index contributed by atoms with van der Waals surface area (Å²) in [6.07, 6.45) is 9.51. The van der Waals surface area contributed by atoms with E-state index in [4.69, 9.17) is 4.74 Å². The number of hydrogen-bond donors (Lipinski definition) is 1. The smallest absolute Gasteiger partial charge is 0.233 e. The third kappa shape index (κ3) is 4.49. The molecular formula is C28H35N3O2. The molecule has 2 aromatic rings. The van der Waals surface area contributed by atoms with Crippen LogP contribution in [0.3, 0.4) is 0 Å². The fraction of sp³-hybridized carbons (Fsp3) is 0.500. The van der Waals surface area contributed by atoms with Crippen LogP contribution in [0.15, 0.2) is 54.9 Å². The molecule has 1 N–H and O–H groups in total. The van der Waals surface area contributed by atoms with Crippen molar-refractivity contribution in [2.24, 2.45) is 5.41 Å². The monoisotopic (exact) mass is 445 g/mol. The van der Waals surface area contributed by atoms with Gasteiger partial charge in [-0.1, -0.05) is 30.4 Å². The lowest BCUT2D eigenvalue weighted by molar-refractivity contribution is -0.140. The Balaban J connectivity index is 1.32. The molecule has 3 aliphatic rings. The van der Waals surface area contributed by atoms with Crippen LogP contribution < -0.4 is 5.32 Å². The number of amides is 1. The molecule has 1 aromatic carbocycles. The number of nitrogens with zero attached hydrogens (tertiary/aromatic N) is 2. The minimum absolute atomic E-state index is 0.267. The Kier molecular flexibility index (Phi) is 6.35. The van der Waals surface area contributed by atoms with E-state index in [0.29, 0.717) is 18.6 Å². The van der Waals surface area contributed by atoms with Crippen LogP contribution in [0, 0.1) is 5.41 Å². The van der Waals surface area contributed by atoms with E-state index in [-0.39, 0.29) is 5.91 Å². The van der Waals surface area contributed by atoms with E-state index < -0.39 is 5.41 Å². The van der Waals surface area contributed by atoms with Crippen LogP contribution in [0.5, 0.6) is 0 Å². The highest BCUT2D eigenvalue weighted by Crippen LogP contribution is 2.46. The standard InChI is InChI=1S/C28H35N3O2/c1-20(2)28(11-7-26(17-28)30-25-9-14-33-15-10-25)27(32)31-13-8-21-5-6-22(16-24(21)19-31)23-4-3-12-29-18-23/h3-6,12,16,18,25-26,30H,1,7-11,13-15,17,19H2,2H3/t26?,28-/m0/s1. The Morgan fingerprint density at radius 2 is 2.00 bits per heavy atom. The molecule has 0 bridgehead atoms. The molecule has 1 unspecified atom stereocenters. The minimum Gasteiger partial charge on any atom is -0.381 e. The summed E-state index contributed by atoms with van der Waals surface area (Å²) in [5.41, 5.74) is 5.44. The van der Waals surface area contributed by atoms with Gasteiger partial charge in [-0.25, -0.2) is 0 Å². The number of carbonyl (C=O) groups excluding carboxylic acids is 1. The van der Waals surface area contributed by atoms with Crippen molar-refractivity contribution in [3.63, 3.8) is 0 Å². The number of aromatic nitrogens is 1. The van der Waals surface area contributed by atoms with Crippen LogP contribution >= 0.6 is 0 Å². The zero-order chi connectivity index (χ0) is 22.8. The van der Waals surface area contributed by atoms with Gasteiger partial charge in [-0.2, -0.15) is 0 Å². The Labute approximate surface area is 197 Å². The largest absolute Gasteiger partial charge is 0.381 e. The molecule has 1 aliphatic carbocycles. The van der Waals surface area contributed by atoms with E-state index in [0.717, 1.165) is 75.0 Å². The van der Waals surface area contributed by atoms with Crippen molar-refractivity contribution >= 4 is 5.91 Å². The average molecular weight is 446 g/mol. The normalized spacial score (nSPS) is 25.6. The van der Waals surface area contributed by atoms with E-state index in [1.807, 2.05) is 19.2 Å². The van der Waals surface area contributed by atoms with E-state index >= 15 is 0 Å². The van der Waals surface area contributed by atoms with Crippen molar-refractivity contribution in [1.29, 1.82) is 0 Å². The number of benzene rings is 1. The van der Waals surface area contributed by atoms with Crippen molar-refractivity contribution in [2.45, 2.75) is 64.1 Å². The molecule has 2 fully saturated rings. The summed E-state index contributed by atoms with van der Waals surface area (Å²) in [7, 11) is 0. The molecule has 0 spiro atoms. The van der Waals surface area contributed by atoms with Gasteiger partial charge in [0, 0.05) is 50.8 Å². The predicted octanol–water partition coefficient (Wildman–Crippen LogP) is 4.52. The second-order valence-corrected chi connectivity index (χ2v) is 10.1. The van der Waals surface area contributed by atoms with Crippen molar-refractivity contribution in [1.82, 2.24) is 15.2 Å². The maximum Gasteiger partial charge on any atom is 0.233 e. The van der Waals surface area contributed by atoms with E-state index in [1.54, 1.807) is 6.20 Å². The number of rotatable bonds is 5. The van der Waals surface area contributed by atoms with Crippen LogP contribution in [0.1, 0.15) is 50.2 Å². The molecule has 1 saturated carbocycles. The second-order valence-electron chi connectivity index (χ2n) is 10.1. The van der Waals surface area contributed by atoms with Gasteiger partial charge in [0.15, 0.2) is 0 Å². The SMILES string of the molecule is C=C(C)[C@]1(C(=O)N2CCc3ccc(-c4cccnc4)cc3C2)CCC(NC2CCOCC2)C1. The third-order valence-electron chi connectivity index (χ3n) is 7.93. The van der Waals surface area contributed by atoms with Crippen LogP contribution in [0.2, 0.25) is 0 Å².